The number of aliphatic hydroxyl groups is 1. The molecule has 16 heavy (non-hydrogen) atoms. The molecule has 0 heterocycles. The lowest BCUT2D eigenvalue weighted by atomic mass is 9.79. The summed E-state index contributed by atoms with van der Waals surface area (Å²) < 4.78 is 5.24. The molecule has 0 aromatic heterocycles. The van der Waals surface area contributed by atoms with E-state index in [0.29, 0.717) is 12.6 Å². The van der Waals surface area contributed by atoms with Crippen LogP contribution in [0.1, 0.15) is 39.5 Å². The summed E-state index contributed by atoms with van der Waals surface area (Å²) in [4.78, 5) is 0. The predicted molar refractivity (Wildman–Crippen MR) is 66.5 cm³/mol. The number of hydrogen-bond acceptors (Lipinski definition) is 3. The molecule has 0 spiro atoms. The van der Waals surface area contributed by atoms with Gasteiger partial charge in [-0.25, -0.2) is 0 Å². The Morgan fingerprint density at radius 1 is 1.19 bits per heavy atom. The molecule has 2 N–H and O–H groups in total. The predicted octanol–water partition coefficient (Wildman–Crippen LogP) is 1.80. The van der Waals surface area contributed by atoms with Crippen LogP contribution >= 0.6 is 0 Å². The largest absolute Gasteiger partial charge is 0.394 e. The Morgan fingerprint density at radius 3 is 2.50 bits per heavy atom. The monoisotopic (exact) mass is 229 g/mol. The summed E-state index contributed by atoms with van der Waals surface area (Å²) in [5.74, 6) is 1.62. The van der Waals surface area contributed by atoms with Gasteiger partial charge in [-0.3, -0.25) is 0 Å². The average molecular weight is 229 g/mol. The Bertz CT molecular complexity index is 165. The highest BCUT2D eigenvalue weighted by atomic mass is 16.5. The molecule has 1 rings (SSSR count). The second-order valence-electron chi connectivity index (χ2n) is 5.05. The van der Waals surface area contributed by atoms with Gasteiger partial charge < -0.3 is 15.2 Å². The van der Waals surface area contributed by atoms with Crippen LogP contribution in [0, 0.1) is 11.8 Å². The Morgan fingerprint density at radius 2 is 1.88 bits per heavy atom. The zero-order valence-corrected chi connectivity index (χ0v) is 10.7. The zero-order chi connectivity index (χ0) is 11.8. The van der Waals surface area contributed by atoms with Gasteiger partial charge in [0.25, 0.3) is 0 Å². The standard InChI is InChI=1S/C13H27NO2/c1-11-5-3-6-12(2)13(11)14-7-4-9-16-10-8-15/h11-15H,3-10H2,1-2H3. The molecule has 0 radical (unpaired) electrons. The molecule has 1 fully saturated rings. The van der Waals surface area contributed by atoms with Crippen molar-refractivity contribution in [3.8, 4) is 0 Å². The van der Waals surface area contributed by atoms with Crippen LogP contribution in [0.3, 0.4) is 0 Å². The summed E-state index contributed by atoms with van der Waals surface area (Å²) in [5, 5.41) is 12.2. The zero-order valence-electron chi connectivity index (χ0n) is 10.7. The van der Waals surface area contributed by atoms with Gasteiger partial charge in [0, 0.05) is 12.6 Å². The molecule has 2 unspecified atom stereocenters. The highest BCUT2D eigenvalue weighted by Crippen LogP contribution is 2.28. The first-order valence-corrected chi connectivity index (χ1v) is 6.67. The highest BCUT2D eigenvalue weighted by Gasteiger charge is 2.26. The van der Waals surface area contributed by atoms with E-state index in [2.05, 4.69) is 19.2 Å². The molecule has 0 bridgehead atoms. The van der Waals surface area contributed by atoms with E-state index in [4.69, 9.17) is 9.84 Å². The highest BCUT2D eigenvalue weighted by molar-refractivity contribution is 4.83. The van der Waals surface area contributed by atoms with Gasteiger partial charge >= 0.3 is 0 Å². The fourth-order valence-corrected chi connectivity index (χ4v) is 2.69. The van der Waals surface area contributed by atoms with Crippen LogP contribution in [0.2, 0.25) is 0 Å². The van der Waals surface area contributed by atoms with Crippen molar-refractivity contribution in [1.82, 2.24) is 5.32 Å². The van der Waals surface area contributed by atoms with Crippen LogP contribution < -0.4 is 5.32 Å². The average Bonchev–Trinajstić information content (AvgIpc) is 2.26. The molecule has 0 aromatic rings. The maximum absolute atomic E-state index is 8.56. The van der Waals surface area contributed by atoms with Gasteiger partial charge in [-0.15, -0.1) is 0 Å². The lowest BCUT2D eigenvalue weighted by molar-refractivity contribution is 0.0889. The summed E-state index contributed by atoms with van der Waals surface area (Å²) in [7, 11) is 0. The van der Waals surface area contributed by atoms with E-state index < -0.39 is 0 Å². The third-order valence-corrected chi connectivity index (χ3v) is 3.63. The van der Waals surface area contributed by atoms with Crippen molar-refractivity contribution in [2.75, 3.05) is 26.4 Å². The molecule has 1 aliphatic rings. The normalized spacial score (nSPS) is 30.6. The third-order valence-electron chi connectivity index (χ3n) is 3.63. The maximum atomic E-state index is 8.56. The van der Waals surface area contributed by atoms with Crippen molar-refractivity contribution in [1.29, 1.82) is 0 Å². The van der Waals surface area contributed by atoms with Crippen molar-refractivity contribution >= 4 is 0 Å². The van der Waals surface area contributed by atoms with E-state index in [1.54, 1.807) is 0 Å². The van der Waals surface area contributed by atoms with Crippen LogP contribution in [-0.2, 0) is 4.74 Å². The van der Waals surface area contributed by atoms with Crippen LogP contribution in [0.15, 0.2) is 0 Å². The van der Waals surface area contributed by atoms with Crippen LogP contribution in [0.5, 0.6) is 0 Å². The molecular weight excluding hydrogens is 202 g/mol. The van der Waals surface area contributed by atoms with Gasteiger partial charge in [-0.05, 0) is 37.6 Å². The Hall–Kier alpha value is -0.120. The molecule has 0 amide bonds. The fraction of sp³-hybridized carbons (Fsp3) is 1.00. The van der Waals surface area contributed by atoms with Crippen molar-refractivity contribution < 1.29 is 9.84 Å². The van der Waals surface area contributed by atoms with Crippen molar-refractivity contribution in [2.45, 2.75) is 45.6 Å². The minimum absolute atomic E-state index is 0.129. The minimum Gasteiger partial charge on any atom is -0.394 e. The molecule has 0 aliphatic heterocycles. The summed E-state index contributed by atoms with van der Waals surface area (Å²) in [6.07, 6.45) is 5.15. The Kier molecular flexibility index (Phi) is 7.01. The molecule has 96 valence electrons. The fourth-order valence-electron chi connectivity index (χ4n) is 2.69. The number of hydrogen-bond donors (Lipinski definition) is 2. The quantitative estimate of drug-likeness (QED) is 0.654. The summed E-state index contributed by atoms with van der Waals surface area (Å²) >= 11 is 0. The van der Waals surface area contributed by atoms with E-state index in [1.807, 2.05) is 0 Å². The SMILES string of the molecule is CC1CCCC(C)C1NCCCOCCO. The van der Waals surface area contributed by atoms with Crippen molar-refractivity contribution in [2.24, 2.45) is 11.8 Å². The van der Waals surface area contributed by atoms with E-state index in [-0.39, 0.29) is 6.61 Å². The maximum Gasteiger partial charge on any atom is 0.0697 e. The van der Waals surface area contributed by atoms with Crippen molar-refractivity contribution in [3.63, 3.8) is 0 Å². The van der Waals surface area contributed by atoms with Crippen LogP contribution in [-0.4, -0.2) is 37.5 Å². The van der Waals surface area contributed by atoms with Crippen LogP contribution in [0.4, 0.5) is 0 Å². The molecule has 0 saturated heterocycles. The Balaban J connectivity index is 2.06. The van der Waals surface area contributed by atoms with E-state index in [0.717, 1.165) is 31.4 Å². The van der Waals surface area contributed by atoms with Gasteiger partial charge in [-0.2, -0.15) is 0 Å². The Labute approximate surface area is 99.6 Å². The lowest BCUT2D eigenvalue weighted by Gasteiger charge is -2.35. The van der Waals surface area contributed by atoms with Gasteiger partial charge in [-0.1, -0.05) is 20.3 Å². The molecule has 3 heteroatoms. The summed E-state index contributed by atoms with van der Waals surface area (Å²) in [6, 6.07) is 0.687. The topological polar surface area (TPSA) is 41.5 Å². The van der Waals surface area contributed by atoms with Crippen molar-refractivity contribution in [3.05, 3.63) is 0 Å². The second kappa shape index (κ2) is 8.04. The third kappa shape index (κ3) is 4.81. The molecule has 1 saturated carbocycles. The van der Waals surface area contributed by atoms with Gasteiger partial charge in [0.15, 0.2) is 0 Å². The number of aliphatic hydroxyl groups excluding tert-OH is 1. The molecule has 0 aromatic carbocycles. The summed E-state index contributed by atoms with van der Waals surface area (Å²) in [6.45, 7) is 7.10. The number of rotatable bonds is 7. The van der Waals surface area contributed by atoms with E-state index in [9.17, 15) is 0 Å². The first kappa shape index (κ1) is 13.9. The molecule has 2 atom stereocenters. The number of ether oxygens (including phenoxy) is 1. The smallest absolute Gasteiger partial charge is 0.0697 e. The van der Waals surface area contributed by atoms with E-state index in [1.165, 1.54) is 19.3 Å². The summed E-state index contributed by atoms with van der Waals surface area (Å²) in [5.41, 5.74) is 0. The number of nitrogens with one attached hydrogen (secondary N) is 1. The van der Waals surface area contributed by atoms with Gasteiger partial charge in [0.1, 0.15) is 0 Å². The van der Waals surface area contributed by atoms with Gasteiger partial charge in [0.2, 0.25) is 0 Å². The lowest BCUT2D eigenvalue weighted by Crippen LogP contribution is -2.43. The van der Waals surface area contributed by atoms with E-state index >= 15 is 0 Å². The first-order chi connectivity index (χ1) is 7.75. The molecular formula is C13H27NO2. The first-order valence-electron chi connectivity index (χ1n) is 6.67. The molecule has 1 aliphatic carbocycles. The van der Waals surface area contributed by atoms with Crippen LogP contribution in [0.25, 0.3) is 0 Å². The molecule has 3 nitrogen and oxygen atoms in total. The minimum atomic E-state index is 0.129. The van der Waals surface area contributed by atoms with Gasteiger partial charge in [0.05, 0.1) is 13.2 Å². The second-order valence-corrected chi connectivity index (χ2v) is 5.05.